The minimum Gasteiger partial charge on any atom is -0.294 e. The summed E-state index contributed by atoms with van der Waals surface area (Å²) < 4.78 is 2.23. The highest BCUT2D eigenvalue weighted by Gasteiger charge is 2.15. The standard InChI is InChI=1S/C11H11BrO.C11H13Br/c12-9-6-5-8-3-1-2-4-11(13)10(8)7-9;12-11-7-6-9-4-2-1-3-5-10(9)8-11/h5-7H,1-4H2;6-8H,1-5H2. The highest BCUT2D eigenvalue weighted by Crippen LogP contribution is 2.24. The van der Waals surface area contributed by atoms with Crippen LogP contribution in [0.2, 0.25) is 0 Å². The summed E-state index contributed by atoms with van der Waals surface area (Å²) in [7, 11) is 0. The molecule has 0 saturated heterocycles. The molecule has 25 heavy (non-hydrogen) atoms. The van der Waals surface area contributed by atoms with Gasteiger partial charge in [0.15, 0.2) is 5.78 Å². The van der Waals surface area contributed by atoms with E-state index < -0.39 is 0 Å². The van der Waals surface area contributed by atoms with Crippen LogP contribution in [0.25, 0.3) is 0 Å². The van der Waals surface area contributed by atoms with E-state index in [4.69, 9.17) is 0 Å². The second kappa shape index (κ2) is 9.14. The van der Waals surface area contributed by atoms with Gasteiger partial charge in [0.1, 0.15) is 0 Å². The topological polar surface area (TPSA) is 17.1 Å². The van der Waals surface area contributed by atoms with E-state index in [0.717, 1.165) is 29.3 Å². The van der Waals surface area contributed by atoms with Crippen LogP contribution in [0.3, 0.4) is 0 Å². The number of fused-ring (bicyclic) bond motifs is 2. The monoisotopic (exact) mass is 462 g/mol. The zero-order valence-electron chi connectivity index (χ0n) is 14.5. The number of rotatable bonds is 0. The van der Waals surface area contributed by atoms with Crippen molar-refractivity contribution in [3.05, 3.63) is 67.6 Å². The second-order valence-corrected chi connectivity index (χ2v) is 8.74. The summed E-state index contributed by atoms with van der Waals surface area (Å²) in [4.78, 5) is 11.6. The van der Waals surface area contributed by atoms with Gasteiger partial charge in [0.25, 0.3) is 0 Å². The minimum atomic E-state index is 0.300. The third kappa shape index (κ3) is 5.27. The van der Waals surface area contributed by atoms with E-state index in [0.29, 0.717) is 12.2 Å². The number of ketones is 1. The Kier molecular flexibility index (Phi) is 6.89. The molecule has 0 unspecified atom stereocenters. The van der Waals surface area contributed by atoms with Crippen molar-refractivity contribution >= 4 is 37.6 Å². The lowest BCUT2D eigenvalue weighted by atomic mass is 10.0. The summed E-state index contributed by atoms with van der Waals surface area (Å²) in [5, 5.41) is 0. The van der Waals surface area contributed by atoms with E-state index in [1.165, 1.54) is 42.1 Å². The first kappa shape index (κ1) is 18.8. The normalized spacial score (nSPS) is 16.6. The van der Waals surface area contributed by atoms with Gasteiger partial charge in [0.2, 0.25) is 0 Å². The summed E-state index contributed by atoms with van der Waals surface area (Å²) in [6.07, 6.45) is 10.6. The molecule has 0 spiro atoms. The van der Waals surface area contributed by atoms with Crippen molar-refractivity contribution in [3.8, 4) is 0 Å². The molecule has 0 aliphatic heterocycles. The van der Waals surface area contributed by atoms with E-state index >= 15 is 0 Å². The van der Waals surface area contributed by atoms with Crippen molar-refractivity contribution in [2.24, 2.45) is 0 Å². The fourth-order valence-corrected chi connectivity index (χ4v) is 4.41. The van der Waals surface area contributed by atoms with Crippen molar-refractivity contribution < 1.29 is 4.79 Å². The lowest BCUT2D eigenvalue weighted by Gasteiger charge is -2.04. The van der Waals surface area contributed by atoms with Gasteiger partial charge in [0.05, 0.1) is 0 Å². The molecule has 0 radical (unpaired) electrons. The lowest BCUT2D eigenvalue weighted by Crippen LogP contribution is -1.99. The fourth-order valence-electron chi connectivity index (χ4n) is 3.64. The fraction of sp³-hybridized carbons (Fsp3) is 0.409. The predicted molar refractivity (Wildman–Crippen MR) is 111 cm³/mol. The highest BCUT2D eigenvalue weighted by molar-refractivity contribution is 9.10. The third-order valence-electron chi connectivity index (χ3n) is 5.03. The van der Waals surface area contributed by atoms with Crippen LogP contribution in [0.1, 0.15) is 65.6 Å². The Hall–Kier alpha value is -0.930. The maximum atomic E-state index is 11.6. The van der Waals surface area contributed by atoms with Crippen molar-refractivity contribution in [2.45, 2.75) is 57.8 Å². The summed E-state index contributed by atoms with van der Waals surface area (Å²) in [6.45, 7) is 0. The number of aryl methyl sites for hydroxylation is 3. The van der Waals surface area contributed by atoms with Crippen LogP contribution in [0, 0.1) is 0 Å². The smallest absolute Gasteiger partial charge is 0.163 e. The maximum Gasteiger partial charge on any atom is 0.163 e. The van der Waals surface area contributed by atoms with Crippen molar-refractivity contribution in [1.82, 2.24) is 0 Å². The molecular weight excluding hydrogens is 440 g/mol. The molecule has 0 amide bonds. The Morgan fingerprint density at radius 2 is 1.16 bits per heavy atom. The van der Waals surface area contributed by atoms with Crippen LogP contribution in [0.15, 0.2) is 45.3 Å². The van der Waals surface area contributed by atoms with E-state index in [9.17, 15) is 4.79 Å². The molecule has 2 aliphatic carbocycles. The van der Waals surface area contributed by atoms with Crippen molar-refractivity contribution in [1.29, 1.82) is 0 Å². The second-order valence-electron chi connectivity index (χ2n) is 6.91. The molecule has 4 rings (SSSR count). The van der Waals surface area contributed by atoms with Crippen LogP contribution in [-0.4, -0.2) is 5.78 Å². The van der Waals surface area contributed by atoms with E-state index in [-0.39, 0.29) is 0 Å². The zero-order valence-corrected chi connectivity index (χ0v) is 17.7. The van der Waals surface area contributed by atoms with Crippen molar-refractivity contribution in [3.63, 3.8) is 0 Å². The van der Waals surface area contributed by atoms with E-state index in [1.54, 1.807) is 11.1 Å². The molecule has 0 atom stereocenters. The lowest BCUT2D eigenvalue weighted by molar-refractivity contribution is 0.0982. The number of Topliss-reactive ketones (excluding diaryl/α,β-unsaturated/α-hetero) is 1. The Labute approximate surface area is 167 Å². The largest absolute Gasteiger partial charge is 0.294 e. The molecule has 2 aliphatic rings. The third-order valence-corrected chi connectivity index (χ3v) is 6.02. The molecule has 0 N–H and O–H groups in total. The minimum absolute atomic E-state index is 0.300. The average Bonchev–Trinajstić information content (AvgIpc) is 2.94. The SMILES string of the molecule is Brc1ccc2c(c1)CCCCC2.O=C1CCCCc2ccc(Br)cc21. The molecule has 0 aromatic heterocycles. The van der Waals surface area contributed by atoms with E-state index in [1.807, 2.05) is 12.1 Å². The van der Waals surface area contributed by atoms with Gasteiger partial charge in [-0.25, -0.2) is 0 Å². The molecule has 0 bridgehead atoms. The van der Waals surface area contributed by atoms with Gasteiger partial charge in [-0.2, -0.15) is 0 Å². The van der Waals surface area contributed by atoms with Crippen LogP contribution in [0.5, 0.6) is 0 Å². The quantitative estimate of drug-likeness (QED) is 0.381. The summed E-state index contributed by atoms with van der Waals surface area (Å²) in [6, 6.07) is 12.7. The molecule has 3 heteroatoms. The van der Waals surface area contributed by atoms with Gasteiger partial charge in [-0.1, -0.05) is 50.4 Å². The molecule has 0 fully saturated rings. The Bertz CT molecular complexity index is 752. The molecule has 1 nitrogen and oxygen atoms in total. The van der Waals surface area contributed by atoms with Gasteiger partial charge in [-0.15, -0.1) is 0 Å². The molecular formula is C22H24Br2O. The van der Waals surface area contributed by atoms with Gasteiger partial charge in [0, 0.05) is 20.9 Å². The number of carbonyl (C=O) groups excluding carboxylic acids is 1. The molecule has 132 valence electrons. The summed E-state index contributed by atoms with van der Waals surface area (Å²) in [5.74, 6) is 0.300. The Morgan fingerprint density at radius 1 is 0.600 bits per heavy atom. The summed E-state index contributed by atoms with van der Waals surface area (Å²) >= 11 is 6.91. The average molecular weight is 464 g/mol. The number of hydrogen-bond acceptors (Lipinski definition) is 1. The van der Waals surface area contributed by atoms with Crippen LogP contribution >= 0.6 is 31.9 Å². The first-order valence-corrected chi connectivity index (χ1v) is 10.8. The van der Waals surface area contributed by atoms with Gasteiger partial charge < -0.3 is 0 Å². The number of halogens is 2. The highest BCUT2D eigenvalue weighted by atomic mass is 79.9. The Balaban J connectivity index is 0.000000146. The first-order chi connectivity index (χ1) is 12.1. The number of hydrogen-bond donors (Lipinski definition) is 0. The van der Waals surface area contributed by atoms with E-state index in [2.05, 4.69) is 56.1 Å². The number of carbonyl (C=O) groups is 1. The number of benzene rings is 2. The molecule has 2 aromatic carbocycles. The maximum absolute atomic E-state index is 11.6. The molecule has 0 saturated carbocycles. The van der Waals surface area contributed by atoms with Crippen LogP contribution in [-0.2, 0) is 19.3 Å². The predicted octanol–water partition coefficient (Wildman–Crippen LogP) is 7.08. The van der Waals surface area contributed by atoms with Crippen LogP contribution < -0.4 is 0 Å². The van der Waals surface area contributed by atoms with Gasteiger partial charge in [-0.05, 0) is 85.9 Å². The molecule has 0 heterocycles. The first-order valence-electron chi connectivity index (χ1n) is 9.22. The van der Waals surface area contributed by atoms with Gasteiger partial charge in [-0.3, -0.25) is 4.79 Å². The Morgan fingerprint density at radius 3 is 1.96 bits per heavy atom. The van der Waals surface area contributed by atoms with Gasteiger partial charge >= 0.3 is 0 Å². The zero-order chi connectivity index (χ0) is 17.6. The molecule has 2 aromatic rings. The van der Waals surface area contributed by atoms with Crippen molar-refractivity contribution in [2.75, 3.05) is 0 Å². The van der Waals surface area contributed by atoms with Crippen LogP contribution in [0.4, 0.5) is 0 Å². The summed E-state index contributed by atoms with van der Waals surface area (Å²) in [5.41, 5.74) is 5.26.